The molecule has 0 N–H and O–H groups in total. The molecule has 0 saturated heterocycles. The average Bonchev–Trinajstić information content (AvgIpc) is 3.93. The Morgan fingerprint density at radius 2 is 0.984 bits per heavy atom. The van der Waals surface area contributed by atoms with Crippen LogP contribution in [0.1, 0.15) is 18.2 Å². The first-order valence-corrected chi connectivity index (χ1v) is 20.8. The van der Waals surface area contributed by atoms with Crippen molar-refractivity contribution in [2.45, 2.75) is 12.3 Å². The largest absolute Gasteiger partial charge is 0.456 e. The minimum Gasteiger partial charge on any atom is -0.456 e. The molecule has 0 saturated carbocycles. The van der Waals surface area contributed by atoms with Crippen LogP contribution in [0.3, 0.4) is 0 Å². The van der Waals surface area contributed by atoms with Crippen LogP contribution in [0.4, 0.5) is 0 Å². The fraction of sp³-hybridized carbons (Fsp3) is 0.0364. The zero-order valence-electron chi connectivity index (χ0n) is 33.3. The maximum absolute atomic E-state index is 6.62. The van der Waals surface area contributed by atoms with E-state index in [0.717, 1.165) is 101 Å². The lowest BCUT2D eigenvalue weighted by atomic mass is 9.93. The standard InChI is InChI=1S/C55H35N5O2/c1-5-16-34(17-6-1)50-49-48-42(27-15-29-45(48)62-55(49)60-51(56-50)35-18-7-2-8-19-35)39-25-13-24-38(32-39)41-26-14-28-44-47(41)43-31-30-40(33-46(43)61-44)54-58-52(36-20-9-3-10-21-36)57-53(59-54)37-22-11-4-12-23-37/h1-18,20-33,35H,19H2. The van der Waals surface area contributed by atoms with Crippen LogP contribution in [0, 0.1) is 0 Å². The molecule has 0 bridgehead atoms. The third-order valence-corrected chi connectivity index (χ3v) is 11.7. The normalized spacial score (nSPS) is 13.8. The van der Waals surface area contributed by atoms with E-state index < -0.39 is 0 Å². The highest BCUT2D eigenvalue weighted by Gasteiger charge is 2.24. The molecule has 4 aromatic heterocycles. The summed E-state index contributed by atoms with van der Waals surface area (Å²) in [5, 5.41) is 3.96. The monoisotopic (exact) mass is 797 g/mol. The van der Waals surface area contributed by atoms with Gasteiger partial charge in [-0.25, -0.2) is 19.9 Å². The van der Waals surface area contributed by atoms with Gasteiger partial charge in [-0.15, -0.1) is 0 Å². The molecule has 0 spiro atoms. The molecule has 7 aromatic carbocycles. The van der Waals surface area contributed by atoms with Gasteiger partial charge < -0.3 is 8.83 Å². The second-order valence-corrected chi connectivity index (χ2v) is 15.5. The number of fused-ring (bicyclic) bond motifs is 6. The van der Waals surface area contributed by atoms with Crippen LogP contribution in [-0.4, -0.2) is 24.9 Å². The zero-order valence-corrected chi connectivity index (χ0v) is 33.3. The molecule has 0 amide bonds. The number of benzene rings is 7. The maximum Gasteiger partial charge on any atom is 0.231 e. The lowest BCUT2D eigenvalue weighted by molar-refractivity contribution is 0.643. The smallest absolute Gasteiger partial charge is 0.231 e. The number of aromatic nitrogens is 5. The number of allylic oxidation sites excluding steroid dienone is 4. The highest BCUT2D eigenvalue weighted by Crippen LogP contribution is 2.43. The van der Waals surface area contributed by atoms with E-state index in [-0.39, 0.29) is 5.92 Å². The van der Waals surface area contributed by atoms with Crippen molar-refractivity contribution in [2.75, 3.05) is 0 Å². The molecule has 4 heterocycles. The van der Waals surface area contributed by atoms with Crippen LogP contribution in [0.25, 0.3) is 112 Å². The molecule has 0 radical (unpaired) electrons. The predicted octanol–water partition coefficient (Wildman–Crippen LogP) is 14.1. The molecule has 0 aliphatic heterocycles. The van der Waals surface area contributed by atoms with E-state index in [4.69, 9.17) is 33.8 Å². The van der Waals surface area contributed by atoms with E-state index in [2.05, 4.69) is 109 Å². The summed E-state index contributed by atoms with van der Waals surface area (Å²) >= 11 is 0. The fourth-order valence-corrected chi connectivity index (χ4v) is 8.71. The molecule has 1 aliphatic rings. The number of furan rings is 2. The quantitative estimate of drug-likeness (QED) is 0.159. The Morgan fingerprint density at radius 3 is 1.63 bits per heavy atom. The molecule has 7 heteroatoms. The molecule has 1 atom stereocenters. The van der Waals surface area contributed by atoms with Crippen LogP contribution in [0.5, 0.6) is 0 Å². The molecular formula is C55H35N5O2. The summed E-state index contributed by atoms with van der Waals surface area (Å²) in [5.74, 6) is 2.64. The first-order valence-electron chi connectivity index (χ1n) is 20.8. The molecule has 0 fully saturated rings. The molecule has 1 aliphatic carbocycles. The van der Waals surface area contributed by atoms with Crippen molar-refractivity contribution in [3.05, 3.63) is 200 Å². The van der Waals surface area contributed by atoms with Crippen molar-refractivity contribution in [3.8, 4) is 67.7 Å². The summed E-state index contributed by atoms with van der Waals surface area (Å²) in [6.07, 6.45) is 9.31. The van der Waals surface area contributed by atoms with Crippen LogP contribution < -0.4 is 0 Å². The van der Waals surface area contributed by atoms with E-state index in [9.17, 15) is 0 Å². The van der Waals surface area contributed by atoms with Gasteiger partial charge in [-0.1, -0.05) is 164 Å². The van der Waals surface area contributed by atoms with E-state index in [1.165, 1.54) is 0 Å². The van der Waals surface area contributed by atoms with Gasteiger partial charge in [0.15, 0.2) is 17.5 Å². The summed E-state index contributed by atoms with van der Waals surface area (Å²) in [5.41, 5.74) is 11.8. The van der Waals surface area contributed by atoms with Gasteiger partial charge in [-0.2, -0.15) is 4.98 Å². The first-order chi connectivity index (χ1) is 30.7. The van der Waals surface area contributed by atoms with Gasteiger partial charge in [-0.3, -0.25) is 0 Å². The fourth-order valence-electron chi connectivity index (χ4n) is 8.71. The van der Waals surface area contributed by atoms with Gasteiger partial charge in [0, 0.05) is 44.3 Å². The van der Waals surface area contributed by atoms with E-state index in [1.807, 2.05) is 84.9 Å². The summed E-state index contributed by atoms with van der Waals surface area (Å²) in [4.78, 5) is 25.1. The molecule has 1 unspecified atom stereocenters. The van der Waals surface area contributed by atoms with Crippen molar-refractivity contribution in [3.63, 3.8) is 0 Å². The van der Waals surface area contributed by atoms with Crippen molar-refractivity contribution in [1.29, 1.82) is 0 Å². The van der Waals surface area contributed by atoms with Crippen molar-refractivity contribution >= 4 is 44.0 Å². The predicted molar refractivity (Wildman–Crippen MR) is 248 cm³/mol. The van der Waals surface area contributed by atoms with E-state index in [1.54, 1.807) is 0 Å². The summed E-state index contributed by atoms with van der Waals surface area (Å²) in [6, 6.07) is 57.8. The molecule has 11 aromatic rings. The number of nitrogens with zero attached hydrogens (tertiary/aromatic N) is 5. The van der Waals surface area contributed by atoms with Gasteiger partial charge >= 0.3 is 0 Å². The molecule has 292 valence electrons. The number of hydrogen-bond acceptors (Lipinski definition) is 7. The average molecular weight is 798 g/mol. The number of rotatable bonds is 7. The Kier molecular flexibility index (Phi) is 8.49. The highest BCUT2D eigenvalue weighted by molar-refractivity contribution is 6.17. The van der Waals surface area contributed by atoms with Crippen molar-refractivity contribution in [2.24, 2.45) is 0 Å². The van der Waals surface area contributed by atoms with Crippen LogP contribution in [0.2, 0.25) is 0 Å². The van der Waals surface area contributed by atoms with Gasteiger partial charge in [0.1, 0.15) is 22.6 Å². The van der Waals surface area contributed by atoms with Gasteiger partial charge in [0.05, 0.1) is 11.1 Å². The summed E-state index contributed by atoms with van der Waals surface area (Å²) in [7, 11) is 0. The minimum atomic E-state index is 0.0773. The second-order valence-electron chi connectivity index (χ2n) is 15.5. The second kappa shape index (κ2) is 14.8. The Balaban J connectivity index is 0.979. The molecule has 7 nitrogen and oxygen atoms in total. The van der Waals surface area contributed by atoms with Crippen LogP contribution in [-0.2, 0) is 0 Å². The minimum absolute atomic E-state index is 0.0773. The van der Waals surface area contributed by atoms with Gasteiger partial charge in [0.25, 0.3) is 0 Å². The van der Waals surface area contributed by atoms with Gasteiger partial charge in [-0.05, 0) is 59.0 Å². The summed E-state index contributed by atoms with van der Waals surface area (Å²) < 4.78 is 13.2. The number of hydrogen-bond donors (Lipinski definition) is 0. The third-order valence-electron chi connectivity index (χ3n) is 11.7. The Labute approximate surface area is 356 Å². The zero-order chi connectivity index (χ0) is 41.0. The highest BCUT2D eigenvalue weighted by atomic mass is 16.3. The Bertz CT molecular complexity index is 3500. The van der Waals surface area contributed by atoms with Crippen LogP contribution in [0.15, 0.2) is 203 Å². The van der Waals surface area contributed by atoms with Crippen molar-refractivity contribution < 1.29 is 8.83 Å². The van der Waals surface area contributed by atoms with Crippen molar-refractivity contribution in [1.82, 2.24) is 24.9 Å². The Morgan fingerprint density at radius 1 is 0.403 bits per heavy atom. The lowest BCUT2D eigenvalue weighted by Gasteiger charge is -2.14. The maximum atomic E-state index is 6.62. The first kappa shape index (κ1) is 35.6. The van der Waals surface area contributed by atoms with E-state index >= 15 is 0 Å². The van der Waals surface area contributed by atoms with Gasteiger partial charge in [0.2, 0.25) is 5.71 Å². The third kappa shape index (κ3) is 6.18. The van der Waals surface area contributed by atoms with Crippen LogP contribution >= 0.6 is 0 Å². The molecular weight excluding hydrogens is 763 g/mol. The van der Waals surface area contributed by atoms with E-state index in [0.29, 0.717) is 23.2 Å². The Hall–Kier alpha value is -8.29. The summed E-state index contributed by atoms with van der Waals surface area (Å²) in [6.45, 7) is 0. The topological polar surface area (TPSA) is 90.7 Å². The SMILES string of the molecule is C1=CCC(c2nc(-c3ccccc3)c3c(n2)oc2cccc(-c4cccc(-c5cccc6oc7cc(-c8nc(-c9ccccc9)nc(-c9ccccc9)n8)ccc7c56)c4)c23)C=C1. The molecule has 62 heavy (non-hydrogen) atoms. The molecule has 12 rings (SSSR count). The lowest BCUT2D eigenvalue weighted by Crippen LogP contribution is -2.04.